The number of ketones is 1. The summed E-state index contributed by atoms with van der Waals surface area (Å²) in [5, 5.41) is 13.7. The topological polar surface area (TPSA) is 79.3 Å². The summed E-state index contributed by atoms with van der Waals surface area (Å²) < 4.78 is 0. The number of hydrogen-bond donors (Lipinski definition) is 2. The van der Waals surface area contributed by atoms with E-state index < -0.39 is 5.97 Å². The second-order valence-electron chi connectivity index (χ2n) is 5.06. The first-order chi connectivity index (χ1) is 11.6. The van der Waals surface area contributed by atoms with E-state index in [1.165, 1.54) is 11.3 Å². The molecule has 120 valence electrons. The van der Waals surface area contributed by atoms with Gasteiger partial charge in [-0.15, -0.1) is 11.3 Å². The number of aliphatic carboxylic acids is 1. The number of benzene rings is 2. The average molecular weight is 338 g/mol. The molecule has 0 spiro atoms. The molecule has 0 aliphatic carbocycles. The van der Waals surface area contributed by atoms with Crippen LogP contribution in [-0.4, -0.2) is 28.4 Å². The summed E-state index contributed by atoms with van der Waals surface area (Å²) in [6.45, 7) is -0.166. The van der Waals surface area contributed by atoms with Gasteiger partial charge in [0.1, 0.15) is 6.54 Å². The van der Waals surface area contributed by atoms with Crippen LogP contribution in [0, 0.1) is 0 Å². The highest BCUT2D eigenvalue weighted by Crippen LogP contribution is 2.23. The first kappa shape index (κ1) is 15.9. The van der Waals surface area contributed by atoms with E-state index >= 15 is 0 Å². The predicted octanol–water partition coefficient (Wildman–Crippen LogP) is 3.54. The van der Waals surface area contributed by atoms with Gasteiger partial charge in [-0.1, -0.05) is 30.3 Å². The van der Waals surface area contributed by atoms with Gasteiger partial charge in [-0.3, -0.25) is 9.59 Å². The van der Waals surface area contributed by atoms with Crippen molar-refractivity contribution in [2.24, 2.45) is 0 Å². The van der Waals surface area contributed by atoms with E-state index in [-0.39, 0.29) is 12.3 Å². The molecule has 3 rings (SSSR count). The van der Waals surface area contributed by atoms with Crippen LogP contribution in [0.1, 0.15) is 15.4 Å². The van der Waals surface area contributed by atoms with Gasteiger partial charge < -0.3 is 10.4 Å². The molecule has 0 fully saturated rings. The maximum absolute atomic E-state index is 12.5. The number of nitrogens with zero attached hydrogens (tertiary/aromatic N) is 1. The lowest BCUT2D eigenvalue weighted by molar-refractivity contribution is -0.134. The maximum atomic E-state index is 12.5. The molecule has 0 unspecified atom stereocenters. The van der Waals surface area contributed by atoms with Crippen molar-refractivity contribution in [1.29, 1.82) is 0 Å². The van der Waals surface area contributed by atoms with E-state index in [4.69, 9.17) is 5.11 Å². The third-order valence-corrected chi connectivity index (χ3v) is 4.20. The Morgan fingerprint density at radius 1 is 1.04 bits per heavy atom. The summed E-state index contributed by atoms with van der Waals surface area (Å²) in [6, 6.07) is 16.4. The molecule has 3 aromatic rings. The number of anilines is 1. The fraction of sp³-hybridized carbons (Fsp3) is 0.0556. The van der Waals surface area contributed by atoms with Crippen LogP contribution >= 0.6 is 11.3 Å². The Balaban J connectivity index is 1.75. The summed E-state index contributed by atoms with van der Waals surface area (Å²) >= 11 is 1.31. The lowest BCUT2D eigenvalue weighted by atomic mass is 10.1. The Hall–Kier alpha value is -2.99. The summed E-state index contributed by atoms with van der Waals surface area (Å²) in [5.41, 5.74) is 2.92. The Labute approximate surface area is 142 Å². The van der Waals surface area contributed by atoms with Gasteiger partial charge in [0.15, 0.2) is 5.01 Å². The minimum atomic E-state index is -0.939. The van der Waals surface area contributed by atoms with Crippen molar-refractivity contribution < 1.29 is 14.7 Å². The molecule has 1 aromatic heterocycles. The predicted molar refractivity (Wildman–Crippen MR) is 93.6 cm³/mol. The highest BCUT2D eigenvalue weighted by atomic mass is 32.1. The van der Waals surface area contributed by atoms with E-state index in [0.29, 0.717) is 16.3 Å². The maximum Gasteiger partial charge on any atom is 0.322 e. The number of thiazole rings is 1. The molecule has 0 aliphatic rings. The quantitative estimate of drug-likeness (QED) is 0.672. The fourth-order valence-corrected chi connectivity index (χ4v) is 2.95. The smallest absolute Gasteiger partial charge is 0.322 e. The second kappa shape index (κ2) is 7.06. The minimum absolute atomic E-state index is 0.146. The molecule has 0 aliphatic heterocycles. The number of carboxylic acid groups (broad SMARTS) is 1. The van der Waals surface area contributed by atoms with Gasteiger partial charge in [0.2, 0.25) is 5.78 Å². The van der Waals surface area contributed by atoms with Crippen LogP contribution in [0.4, 0.5) is 5.69 Å². The second-order valence-corrected chi connectivity index (χ2v) is 5.92. The van der Waals surface area contributed by atoms with Crippen molar-refractivity contribution in [3.05, 3.63) is 70.5 Å². The number of aromatic nitrogens is 1. The van der Waals surface area contributed by atoms with Crippen molar-refractivity contribution in [2.75, 3.05) is 11.9 Å². The van der Waals surface area contributed by atoms with E-state index in [2.05, 4.69) is 10.3 Å². The first-order valence-corrected chi connectivity index (χ1v) is 8.13. The van der Waals surface area contributed by atoms with Gasteiger partial charge in [0.05, 0.1) is 5.69 Å². The van der Waals surface area contributed by atoms with Gasteiger partial charge in [-0.25, -0.2) is 4.98 Å². The molecule has 0 saturated carbocycles. The third kappa shape index (κ3) is 3.67. The molecular weight excluding hydrogens is 324 g/mol. The van der Waals surface area contributed by atoms with E-state index in [0.717, 1.165) is 11.3 Å². The van der Waals surface area contributed by atoms with E-state index in [1.54, 1.807) is 24.3 Å². The summed E-state index contributed by atoms with van der Waals surface area (Å²) in [4.78, 5) is 27.4. The molecule has 5 nitrogen and oxygen atoms in total. The monoisotopic (exact) mass is 338 g/mol. The Morgan fingerprint density at radius 3 is 2.42 bits per heavy atom. The van der Waals surface area contributed by atoms with Gasteiger partial charge >= 0.3 is 5.97 Å². The molecular formula is C18H14N2O3S. The number of carbonyl (C=O) groups excluding carboxylic acids is 1. The normalized spacial score (nSPS) is 10.3. The molecule has 2 N–H and O–H groups in total. The van der Waals surface area contributed by atoms with Crippen molar-refractivity contribution >= 4 is 28.8 Å². The Bertz CT molecular complexity index is 857. The standard InChI is InChI=1S/C18H14N2O3S/c21-16(22)10-19-14-8-6-13(7-9-14)17(23)18-20-15(11-24-18)12-4-2-1-3-5-12/h1-9,11,19H,10H2,(H,21,22). The fourth-order valence-electron chi connectivity index (χ4n) is 2.16. The van der Waals surface area contributed by atoms with Crippen LogP contribution in [-0.2, 0) is 4.79 Å². The molecule has 0 bridgehead atoms. The van der Waals surface area contributed by atoms with E-state index in [1.807, 2.05) is 35.7 Å². The summed E-state index contributed by atoms with van der Waals surface area (Å²) in [6.07, 6.45) is 0. The van der Waals surface area contributed by atoms with Gasteiger partial charge in [0.25, 0.3) is 0 Å². The number of carboxylic acids is 1. The highest BCUT2D eigenvalue weighted by molar-refractivity contribution is 7.12. The van der Waals surface area contributed by atoms with Crippen LogP contribution < -0.4 is 5.32 Å². The lowest BCUT2D eigenvalue weighted by Gasteiger charge is -2.04. The minimum Gasteiger partial charge on any atom is -0.480 e. The summed E-state index contributed by atoms with van der Waals surface area (Å²) in [5.74, 6) is -1.08. The molecule has 0 atom stereocenters. The van der Waals surface area contributed by atoms with Crippen LogP contribution in [0.15, 0.2) is 60.0 Å². The largest absolute Gasteiger partial charge is 0.480 e. The lowest BCUT2D eigenvalue weighted by Crippen LogP contribution is -2.12. The van der Waals surface area contributed by atoms with Crippen LogP contribution in [0.5, 0.6) is 0 Å². The zero-order chi connectivity index (χ0) is 16.9. The van der Waals surface area contributed by atoms with Gasteiger partial charge in [-0.2, -0.15) is 0 Å². The number of hydrogen-bond acceptors (Lipinski definition) is 5. The molecule has 24 heavy (non-hydrogen) atoms. The molecule has 0 amide bonds. The van der Waals surface area contributed by atoms with Crippen LogP contribution in [0.2, 0.25) is 0 Å². The highest BCUT2D eigenvalue weighted by Gasteiger charge is 2.14. The van der Waals surface area contributed by atoms with Crippen molar-refractivity contribution in [2.45, 2.75) is 0 Å². The van der Waals surface area contributed by atoms with E-state index in [9.17, 15) is 9.59 Å². The zero-order valence-electron chi connectivity index (χ0n) is 12.6. The molecule has 2 aromatic carbocycles. The molecule has 0 radical (unpaired) electrons. The number of nitrogens with one attached hydrogen (secondary N) is 1. The number of carbonyl (C=O) groups is 2. The molecule has 6 heteroatoms. The zero-order valence-corrected chi connectivity index (χ0v) is 13.4. The van der Waals surface area contributed by atoms with Crippen molar-refractivity contribution in [3.63, 3.8) is 0 Å². The third-order valence-electron chi connectivity index (χ3n) is 3.36. The molecule has 1 heterocycles. The first-order valence-electron chi connectivity index (χ1n) is 7.25. The van der Waals surface area contributed by atoms with Gasteiger partial charge in [0, 0.05) is 22.2 Å². The molecule has 0 saturated heterocycles. The van der Waals surface area contributed by atoms with Crippen molar-refractivity contribution in [1.82, 2.24) is 4.98 Å². The van der Waals surface area contributed by atoms with Gasteiger partial charge in [-0.05, 0) is 24.3 Å². The Kier molecular flexibility index (Phi) is 4.67. The number of rotatable bonds is 6. The van der Waals surface area contributed by atoms with Crippen molar-refractivity contribution in [3.8, 4) is 11.3 Å². The Morgan fingerprint density at radius 2 is 1.75 bits per heavy atom. The average Bonchev–Trinajstić information content (AvgIpc) is 3.10. The van der Waals surface area contributed by atoms with Crippen LogP contribution in [0.25, 0.3) is 11.3 Å². The van der Waals surface area contributed by atoms with Crippen LogP contribution in [0.3, 0.4) is 0 Å². The summed E-state index contributed by atoms with van der Waals surface area (Å²) in [7, 11) is 0. The SMILES string of the molecule is O=C(O)CNc1ccc(C(=O)c2nc(-c3ccccc3)cs2)cc1.